The van der Waals surface area contributed by atoms with Gasteiger partial charge in [0.2, 0.25) is 0 Å². The van der Waals surface area contributed by atoms with Gasteiger partial charge in [-0.05, 0) is 103 Å². The maximum atomic E-state index is 11.8. The topological polar surface area (TPSA) is 42.2 Å². The van der Waals surface area contributed by atoms with E-state index in [1.807, 2.05) is 23.9 Å². The fraction of sp³-hybridized carbons (Fsp3) is 0.244. The molecule has 1 N–H and O–H groups in total. The second-order valence-corrected chi connectivity index (χ2v) is 14.2. The molecule has 2 aliphatic carbocycles. The van der Waals surface area contributed by atoms with Crippen molar-refractivity contribution in [3.8, 4) is 22.3 Å². The molecule has 0 spiro atoms. The van der Waals surface area contributed by atoms with E-state index in [9.17, 15) is 9.90 Å². The molecule has 3 nitrogen and oxygen atoms in total. The highest BCUT2D eigenvalue weighted by Crippen LogP contribution is 2.52. The highest BCUT2D eigenvalue weighted by molar-refractivity contribution is 6.15. The van der Waals surface area contributed by atoms with Gasteiger partial charge >= 0.3 is 5.97 Å². The van der Waals surface area contributed by atoms with E-state index < -0.39 is 5.97 Å². The Labute approximate surface area is 259 Å². The van der Waals surface area contributed by atoms with Crippen LogP contribution < -0.4 is 0 Å². The summed E-state index contributed by atoms with van der Waals surface area (Å²) in [6, 6.07) is 24.2. The van der Waals surface area contributed by atoms with E-state index in [0.717, 1.165) is 40.3 Å². The number of hydrogen-bond donors (Lipinski definition) is 1. The lowest BCUT2D eigenvalue weighted by Gasteiger charge is -2.40. The minimum atomic E-state index is -1.01. The van der Waals surface area contributed by atoms with E-state index in [-0.39, 0.29) is 16.4 Å². The SMILES string of the molecule is C=C(C(=O)O)c1cc(-c2c(-c3cc4ccc5c(c4cc3C)C(C)(C)CC3=C5C=CC(C)(C)C3)ccc3ccccc23)cn1C. The number of aryl methyl sites for hydroxylation is 2. The fourth-order valence-corrected chi connectivity index (χ4v) is 7.83. The third-order valence-electron chi connectivity index (χ3n) is 9.82. The number of benzene rings is 4. The molecule has 0 amide bonds. The van der Waals surface area contributed by atoms with Crippen LogP contribution in [0.5, 0.6) is 0 Å². The van der Waals surface area contributed by atoms with Crippen molar-refractivity contribution >= 4 is 38.7 Å². The Kier molecular flexibility index (Phi) is 6.20. The van der Waals surface area contributed by atoms with Crippen LogP contribution in [0.4, 0.5) is 0 Å². The van der Waals surface area contributed by atoms with Crippen LogP contribution in [0.3, 0.4) is 0 Å². The molecular formula is C41H39NO2. The number of fused-ring (bicyclic) bond motifs is 5. The molecule has 5 aromatic rings. The maximum Gasteiger partial charge on any atom is 0.337 e. The molecule has 2 aliphatic rings. The van der Waals surface area contributed by atoms with Gasteiger partial charge in [0.25, 0.3) is 0 Å². The summed E-state index contributed by atoms with van der Waals surface area (Å²) in [5, 5.41) is 14.5. The lowest BCUT2D eigenvalue weighted by Crippen LogP contribution is -2.27. The molecule has 1 aromatic heterocycles. The van der Waals surface area contributed by atoms with Crippen LogP contribution in [0.15, 0.2) is 97.2 Å². The van der Waals surface area contributed by atoms with Gasteiger partial charge in [0.15, 0.2) is 0 Å². The highest BCUT2D eigenvalue weighted by Gasteiger charge is 2.36. The first-order valence-corrected chi connectivity index (χ1v) is 15.5. The molecule has 0 atom stereocenters. The Morgan fingerprint density at radius 1 is 0.864 bits per heavy atom. The zero-order valence-corrected chi connectivity index (χ0v) is 26.5. The number of nitrogens with zero attached hydrogens (tertiary/aromatic N) is 1. The number of aliphatic carboxylic acids is 1. The molecule has 0 radical (unpaired) electrons. The summed E-state index contributed by atoms with van der Waals surface area (Å²) in [6.07, 6.45) is 8.97. The molecule has 3 heteroatoms. The molecule has 44 heavy (non-hydrogen) atoms. The normalized spacial score (nSPS) is 16.7. The molecule has 220 valence electrons. The number of rotatable bonds is 4. The van der Waals surface area contributed by atoms with E-state index in [1.165, 1.54) is 38.6 Å². The van der Waals surface area contributed by atoms with Crippen LogP contribution >= 0.6 is 0 Å². The predicted octanol–water partition coefficient (Wildman–Crippen LogP) is 10.5. The van der Waals surface area contributed by atoms with E-state index in [4.69, 9.17) is 0 Å². The van der Waals surface area contributed by atoms with Crippen molar-refractivity contribution in [2.75, 3.05) is 0 Å². The summed E-state index contributed by atoms with van der Waals surface area (Å²) < 4.78 is 1.86. The van der Waals surface area contributed by atoms with Crippen LogP contribution in [0.2, 0.25) is 0 Å². The van der Waals surface area contributed by atoms with Gasteiger partial charge in [-0.25, -0.2) is 4.79 Å². The Bertz CT molecular complexity index is 2130. The van der Waals surface area contributed by atoms with Crippen LogP contribution in [-0.4, -0.2) is 15.6 Å². The van der Waals surface area contributed by atoms with Crippen molar-refractivity contribution in [1.29, 1.82) is 0 Å². The van der Waals surface area contributed by atoms with E-state index in [1.54, 1.807) is 5.57 Å². The zero-order valence-electron chi connectivity index (χ0n) is 26.5. The molecule has 0 unspecified atom stereocenters. The molecule has 1 heterocycles. The molecule has 4 aromatic carbocycles. The summed E-state index contributed by atoms with van der Waals surface area (Å²) in [6.45, 7) is 15.5. The second kappa shape index (κ2) is 9.69. The van der Waals surface area contributed by atoms with Crippen molar-refractivity contribution < 1.29 is 9.90 Å². The summed E-state index contributed by atoms with van der Waals surface area (Å²) in [5.41, 5.74) is 12.4. The molecule has 0 saturated carbocycles. The number of allylic oxidation sites excluding steroid dienone is 4. The van der Waals surface area contributed by atoms with Crippen molar-refractivity contribution in [2.24, 2.45) is 12.5 Å². The average molecular weight is 578 g/mol. The van der Waals surface area contributed by atoms with Gasteiger partial charge in [0.1, 0.15) is 0 Å². The van der Waals surface area contributed by atoms with Gasteiger partial charge < -0.3 is 9.67 Å². The smallest absolute Gasteiger partial charge is 0.337 e. The Morgan fingerprint density at radius 3 is 2.36 bits per heavy atom. The van der Waals surface area contributed by atoms with Crippen molar-refractivity contribution in [3.63, 3.8) is 0 Å². The number of carboxylic acid groups (broad SMARTS) is 1. The second-order valence-electron chi connectivity index (χ2n) is 14.2. The first-order valence-electron chi connectivity index (χ1n) is 15.5. The lowest BCUT2D eigenvalue weighted by molar-refractivity contribution is -0.130. The van der Waals surface area contributed by atoms with Gasteiger partial charge in [-0.3, -0.25) is 0 Å². The van der Waals surface area contributed by atoms with Crippen molar-refractivity contribution in [3.05, 3.63) is 120 Å². The van der Waals surface area contributed by atoms with E-state index >= 15 is 0 Å². The predicted molar refractivity (Wildman–Crippen MR) is 185 cm³/mol. The van der Waals surface area contributed by atoms with Crippen LogP contribution in [-0.2, 0) is 17.3 Å². The molecule has 0 aliphatic heterocycles. The third-order valence-corrected chi connectivity index (χ3v) is 9.82. The summed E-state index contributed by atoms with van der Waals surface area (Å²) in [5.74, 6) is -1.01. The highest BCUT2D eigenvalue weighted by atomic mass is 16.4. The quantitative estimate of drug-likeness (QED) is 0.216. The molecule has 0 bridgehead atoms. The summed E-state index contributed by atoms with van der Waals surface area (Å²) in [7, 11) is 1.88. The lowest BCUT2D eigenvalue weighted by atomic mass is 9.64. The average Bonchev–Trinajstić information content (AvgIpc) is 3.35. The monoisotopic (exact) mass is 577 g/mol. The third kappa shape index (κ3) is 4.37. The number of carbonyl (C=O) groups is 1. The first kappa shape index (κ1) is 28.2. The van der Waals surface area contributed by atoms with Gasteiger partial charge in [-0.2, -0.15) is 0 Å². The minimum absolute atomic E-state index is 0.0317. The number of carboxylic acids is 1. The Hall–Kier alpha value is -4.63. The summed E-state index contributed by atoms with van der Waals surface area (Å²) in [4.78, 5) is 11.8. The zero-order chi connectivity index (χ0) is 31.1. The summed E-state index contributed by atoms with van der Waals surface area (Å²) >= 11 is 0. The first-order chi connectivity index (χ1) is 20.8. The molecular weight excluding hydrogens is 538 g/mol. The molecule has 0 fully saturated rings. The minimum Gasteiger partial charge on any atom is -0.478 e. The van der Waals surface area contributed by atoms with Gasteiger partial charge in [-0.1, -0.05) is 107 Å². The Balaban J connectivity index is 1.45. The van der Waals surface area contributed by atoms with E-state index in [0.29, 0.717) is 5.69 Å². The van der Waals surface area contributed by atoms with Gasteiger partial charge in [0, 0.05) is 18.8 Å². The fourth-order valence-electron chi connectivity index (χ4n) is 7.83. The van der Waals surface area contributed by atoms with Crippen molar-refractivity contribution in [1.82, 2.24) is 4.57 Å². The molecule has 7 rings (SSSR count). The van der Waals surface area contributed by atoms with Crippen LogP contribution in [0.1, 0.15) is 62.9 Å². The van der Waals surface area contributed by atoms with Crippen LogP contribution in [0.25, 0.3) is 54.9 Å². The largest absolute Gasteiger partial charge is 0.478 e. The van der Waals surface area contributed by atoms with Crippen LogP contribution in [0, 0.1) is 12.3 Å². The number of aromatic nitrogens is 1. The van der Waals surface area contributed by atoms with E-state index in [2.05, 4.69) is 114 Å². The van der Waals surface area contributed by atoms with Gasteiger partial charge in [0.05, 0.1) is 11.3 Å². The van der Waals surface area contributed by atoms with Gasteiger partial charge in [-0.15, -0.1) is 0 Å². The Morgan fingerprint density at radius 2 is 1.59 bits per heavy atom. The molecule has 0 saturated heterocycles. The standard InChI is InChI=1S/C41H39NO2/c1-24-18-35-27(13-15-33-30-16-17-40(3,4)21-29(30)22-41(5,6)38(33)35)19-34(24)32-14-12-26-10-8-9-11-31(26)37(32)28-20-36(42(7)23-28)25(2)39(43)44/h8-20,23H,2,21-22H2,1,3-7H3,(H,43,44). The maximum absolute atomic E-state index is 11.8. The number of hydrogen-bond acceptors (Lipinski definition) is 1. The van der Waals surface area contributed by atoms with Crippen molar-refractivity contribution in [2.45, 2.75) is 52.9 Å².